The van der Waals surface area contributed by atoms with Crippen LogP contribution in [0.2, 0.25) is 0 Å². The smallest absolute Gasteiger partial charge is 0.311 e. The van der Waals surface area contributed by atoms with Gasteiger partial charge in [-0.15, -0.1) is 0 Å². The number of piperidine rings is 2. The molecule has 3 rings (SSSR count). The number of hydrogen-bond acceptors (Lipinski definition) is 4. The summed E-state index contributed by atoms with van der Waals surface area (Å²) in [6.45, 7) is 12.4. The van der Waals surface area contributed by atoms with Crippen LogP contribution < -0.4 is 10.1 Å². The molecule has 0 aliphatic carbocycles. The Morgan fingerprint density at radius 3 is 2.64 bits per heavy atom. The van der Waals surface area contributed by atoms with Crippen LogP contribution in [0, 0.1) is 0 Å². The molecule has 1 aromatic rings. The minimum atomic E-state index is -0.0741. The van der Waals surface area contributed by atoms with Gasteiger partial charge < -0.3 is 15.0 Å². The number of benzene rings is 1. The number of likely N-dealkylation sites (tertiary alicyclic amines) is 1. The first-order valence-electron chi connectivity index (χ1n) is 13.8. The molecule has 1 N–H and O–H groups in total. The van der Waals surface area contributed by atoms with E-state index in [1.165, 1.54) is 82.0 Å². The fraction of sp³-hybridized carbons (Fsp3) is 0.759. The normalized spacial score (nSPS) is 20.0. The van der Waals surface area contributed by atoms with E-state index in [-0.39, 0.29) is 11.4 Å². The SMILES string of the molecule is CCCCCCC(C)(C)c1ccc(C2CCCNC2)c(OC(=O)CCCN2CCCCC2)c1. The van der Waals surface area contributed by atoms with Crippen LogP contribution in [-0.2, 0) is 10.2 Å². The number of nitrogens with zero attached hydrogens (tertiary/aromatic N) is 1. The molecule has 0 radical (unpaired) electrons. The van der Waals surface area contributed by atoms with Gasteiger partial charge in [0, 0.05) is 18.9 Å². The molecule has 2 aliphatic rings. The van der Waals surface area contributed by atoms with E-state index in [2.05, 4.69) is 49.2 Å². The number of ether oxygens (including phenoxy) is 1. The highest BCUT2D eigenvalue weighted by atomic mass is 16.5. The number of nitrogens with one attached hydrogen (secondary N) is 1. The molecule has 2 saturated heterocycles. The Morgan fingerprint density at radius 1 is 1.09 bits per heavy atom. The number of carbonyl (C=O) groups is 1. The zero-order chi connectivity index (χ0) is 23.5. The summed E-state index contributed by atoms with van der Waals surface area (Å²) in [4.78, 5) is 15.3. The molecule has 2 fully saturated rings. The van der Waals surface area contributed by atoms with Gasteiger partial charge in [0.05, 0.1) is 0 Å². The first-order valence-corrected chi connectivity index (χ1v) is 13.8. The van der Waals surface area contributed by atoms with Crippen LogP contribution in [0.4, 0.5) is 0 Å². The Hall–Kier alpha value is -1.39. The zero-order valence-corrected chi connectivity index (χ0v) is 21.6. The number of unbranched alkanes of at least 4 members (excludes halogenated alkanes) is 3. The van der Waals surface area contributed by atoms with Gasteiger partial charge in [0.25, 0.3) is 0 Å². The molecule has 186 valence electrons. The Balaban J connectivity index is 1.66. The van der Waals surface area contributed by atoms with Crippen LogP contribution in [0.15, 0.2) is 18.2 Å². The van der Waals surface area contributed by atoms with Gasteiger partial charge in [0.2, 0.25) is 0 Å². The highest BCUT2D eigenvalue weighted by Gasteiger charge is 2.25. The standard InChI is InChI=1S/C29H48N2O2/c1-4-5-6-8-17-29(2,3)25-15-16-26(24-13-11-18-30-23-24)27(22-25)33-28(32)14-12-21-31-19-9-7-10-20-31/h15-16,22,24,30H,4-14,17-21,23H2,1-3H3. The average Bonchev–Trinajstić information content (AvgIpc) is 2.83. The van der Waals surface area contributed by atoms with Crippen molar-refractivity contribution in [2.75, 3.05) is 32.7 Å². The third-order valence-electron chi connectivity index (χ3n) is 7.71. The lowest BCUT2D eigenvalue weighted by Crippen LogP contribution is -2.31. The van der Waals surface area contributed by atoms with E-state index in [0.29, 0.717) is 12.3 Å². The highest BCUT2D eigenvalue weighted by molar-refractivity contribution is 5.73. The lowest BCUT2D eigenvalue weighted by Gasteiger charge is -2.29. The van der Waals surface area contributed by atoms with Crippen molar-refractivity contribution >= 4 is 5.97 Å². The zero-order valence-electron chi connectivity index (χ0n) is 21.6. The average molecular weight is 457 g/mol. The molecule has 0 saturated carbocycles. The van der Waals surface area contributed by atoms with E-state index < -0.39 is 0 Å². The summed E-state index contributed by atoms with van der Waals surface area (Å²) in [7, 11) is 0. The van der Waals surface area contributed by atoms with E-state index in [1.54, 1.807) is 0 Å². The van der Waals surface area contributed by atoms with Crippen molar-refractivity contribution in [3.8, 4) is 5.75 Å². The maximum atomic E-state index is 12.8. The van der Waals surface area contributed by atoms with Gasteiger partial charge in [0.1, 0.15) is 5.75 Å². The number of rotatable bonds is 12. The molecule has 1 atom stereocenters. The molecule has 2 aliphatic heterocycles. The van der Waals surface area contributed by atoms with Gasteiger partial charge in [-0.2, -0.15) is 0 Å². The molecular weight excluding hydrogens is 408 g/mol. The van der Waals surface area contributed by atoms with Crippen molar-refractivity contribution in [1.29, 1.82) is 0 Å². The molecule has 33 heavy (non-hydrogen) atoms. The molecule has 0 aromatic heterocycles. The molecule has 1 aromatic carbocycles. The molecule has 0 bridgehead atoms. The fourth-order valence-corrected chi connectivity index (χ4v) is 5.44. The minimum Gasteiger partial charge on any atom is -0.426 e. The lowest BCUT2D eigenvalue weighted by atomic mass is 9.78. The summed E-state index contributed by atoms with van der Waals surface area (Å²) in [5.41, 5.74) is 2.59. The summed E-state index contributed by atoms with van der Waals surface area (Å²) in [5, 5.41) is 3.52. The van der Waals surface area contributed by atoms with Crippen LogP contribution in [0.1, 0.15) is 115 Å². The van der Waals surface area contributed by atoms with E-state index in [1.807, 2.05) is 0 Å². The summed E-state index contributed by atoms with van der Waals surface area (Å²) >= 11 is 0. The van der Waals surface area contributed by atoms with Crippen molar-refractivity contribution < 1.29 is 9.53 Å². The Kier molecular flexibility index (Phi) is 10.7. The van der Waals surface area contributed by atoms with E-state index in [4.69, 9.17) is 4.74 Å². The molecule has 4 nitrogen and oxygen atoms in total. The van der Waals surface area contributed by atoms with Crippen LogP contribution in [0.3, 0.4) is 0 Å². The first-order chi connectivity index (χ1) is 16.0. The van der Waals surface area contributed by atoms with Crippen LogP contribution in [0.5, 0.6) is 5.75 Å². The topological polar surface area (TPSA) is 41.6 Å². The number of carbonyl (C=O) groups excluding carboxylic acids is 1. The third-order valence-corrected chi connectivity index (χ3v) is 7.71. The third kappa shape index (κ3) is 8.40. The van der Waals surface area contributed by atoms with Crippen molar-refractivity contribution in [3.05, 3.63) is 29.3 Å². The minimum absolute atomic E-state index is 0.0741. The molecule has 4 heteroatoms. The van der Waals surface area contributed by atoms with E-state index >= 15 is 0 Å². The summed E-state index contributed by atoms with van der Waals surface area (Å²) < 4.78 is 6.08. The van der Waals surface area contributed by atoms with Gasteiger partial charge >= 0.3 is 5.97 Å². The Bertz CT molecular complexity index is 718. The largest absolute Gasteiger partial charge is 0.426 e. The van der Waals surface area contributed by atoms with Gasteiger partial charge in [-0.1, -0.05) is 65.0 Å². The molecule has 0 spiro atoms. The monoisotopic (exact) mass is 456 g/mol. The predicted octanol–water partition coefficient (Wildman–Crippen LogP) is 6.57. The Morgan fingerprint density at radius 2 is 1.91 bits per heavy atom. The maximum Gasteiger partial charge on any atom is 0.311 e. The second-order valence-electron chi connectivity index (χ2n) is 11.0. The van der Waals surface area contributed by atoms with Gasteiger partial charge in [-0.25, -0.2) is 0 Å². The quantitative estimate of drug-likeness (QED) is 0.219. The van der Waals surface area contributed by atoms with Crippen LogP contribution in [0.25, 0.3) is 0 Å². The maximum absolute atomic E-state index is 12.8. The molecule has 1 unspecified atom stereocenters. The lowest BCUT2D eigenvalue weighted by molar-refractivity contribution is -0.134. The molecule has 2 heterocycles. The first kappa shape index (κ1) is 26.2. The summed E-state index contributed by atoms with van der Waals surface area (Å²) in [6, 6.07) is 6.72. The van der Waals surface area contributed by atoms with Gasteiger partial charge in [-0.3, -0.25) is 4.79 Å². The highest BCUT2D eigenvalue weighted by Crippen LogP contribution is 2.37. The Labute approximate surface area is 202 Å². The van der Waals surface area contributed by atoms with Crippen molar-refractivity contribution in [1.82, 2.24) is 10.2 Å². The van der Waals surface area contributed by atoms with E-state index in [9.17, 15) is 4.79 Å². The second-order valence-corrected chi connectivity index (χ2v) is 11.0. The van der Waals surface area contributed by atoms with Crippen molar-refractivity contribution in [2.45, 2.75) is 109 Å². The van der Waals surface area contributed by atoms with Gasteiger partial charge in [0.15, 0.2) is 0 Å². The van der Waals surface area contributed by atoms with Gasteiger partial charge in [-0.05, 0) is 87.3 Å². The molecule has 0 amide bonds. The number of esters is 1. The molecular formula is C29H48N2O2. The van der Waals surface area contributed by atoms with Crippen molar-refractivity contribution in [2.24, 2.45) is 0 Å². The second kappa shape index (κ2) is 13.5. The predicted molar refractivity (Wildman–Crippen MR) is 138 cm³/mol. The number of hydrogen-bond donors (Lipinski definition) is 1. The van der Waals surface area contributed by atoms with Crippen molar-refractivity contribution in [3.63, 3.8) is 0 Å². The summed E-state index contributed by atoms with van der Waals surface area (Å²) in [5.74, 6) is 1.16. The van der Waals surface area contributed by atoms with Crippen LogP contribution in [-0.4, -0.2) is 43.6 Å². The van der Waals surface area contributed by atoms with E-state index in [0.717, 1.165) is 38.2 Å². The van der Waals surface area contributed by atoms with Crippen LogP contribution >= 0.6 is 0 Å². The fourth-order valence-electron chi connectivity index (χ4n) is 5.44. The summed E-state index contributed by atoms with van der Waals surface area (Å²) in [6.07, 6.45) is 14.0.